The summed E-state index contributed by atoms with van der Waals surface area (Å²) in [4.78, 5) is 22.7. The van der Waals surface area contributed by atoms with Crippen molar-refractivity contribution < 1.29 is 9.59 Å². The molecule has 13 heavy (non-hydrogen) atoms. The summed E-state index contributed by atoms with van der Waals surface area (Å²) >= 11 is 1.18. The van der Waals surface area contributed by atoms with E-state index in [1.54, 1.807) is 6.92 Å². The number of hydrogen-bond acceptors (Lipinski definition) is 4. The van der Waals surface area contributed by atoms with E-state index < -0.39 is 0 Å². The smallest absolute Gasteiger partial charge is 0.162 e. The van der Waals surface area contributed by atoms with E-state index in [0.29, 0.717) is 16.7 Å². The molecule has 0 spiro atoms. The quantitative estimate of drug-likeness (QED) is 0.532. The molecule has 0 saturated carbocycles. The van der Waals surface area contributed by atoms with Crippen LogP contribution in [0.1, 0.15) is 37.4 Å². The minimum Gasteiger partial charge on any atom is -0.297 e. The number of aryl methyl sites for hydroxylation is 1. The first-order valence-corrected chi connectivity index (χ1v) is 4.43. The molecule has 66 valence electrons. The SMILES string of the molecule is CC(=O)c1c(C=O)sc(C)c1C#N. The summed E-state index contributed by atoms with van der Waals surface area (Å²) in [5, 5.41) is 8.75. The van der Waals surface area contributed by atoms with Crippen LogP contribution in [0, 0.1) is 18.3 Å². The van der Waals surface area contributed by atoms with E-state index in [1.165, 1.54) is 18.3 Å². The van der Waals surface area contributed by atoms with E-state index in [9.17, 15) is 9.59 Å². The number of rotatable bonds is 2. The summed E-state index contributed by atoms with van der Waals surface area (Å²) in [7, 11) is 0. The number of ketones is 1. The standard InChI is InChI=1S/C9H7NO2S/c1-5(12)9-7(3-10)6(2)13-8(9)4-11/h4H,1-2H3. The highest BCUT2D eigenvalue weighted by Gasteiger charge is 2.18. The molecule has 0 radical (unpaired) electrons. The summed E-state index contributed by atoms with van der Waals surface area (Å²) in [6, 6.07) is 1.93. The first kappa shape index (κ1) is 9.62. The molecule has 3 nitrogen and oxygen atoms in total. The zero-order valence-corrected chi connectivity index (χ0v) is 8.07. The Morgan fingerprint density at radius 3 is 2.62 bits per heavy atom. The highest BCUT2D eigenvalue weighted by molar-refractivity contribution is 7.14. The van der Waals surface area contributed by atoms with Crippen LogP contribution in [0.15, 0.2) is 0 Å². The molecule has 0 unspecified atom stereocenters. The summed E-state index contributed by atoms with van der Waals surface area (Å²) in [6.45, 7) is 3.08. The van der Waals surface area contributed by atoms with Crippen molar-refractivity contribution in [2.45, 2.75) is 13.8 Å². The molecule has 0 aliphatic rings. The fraction of sp³-hybridized carbons (Fsp3) is 0.222. The van der Waals surface area contributed by atoms with Gasteiger partial charge in [-0.25, -0.2) is 0 Å². The zero-order chi connectivity index (χ0) is 10.0. The molecule has 0 saturated heterocycles. The largest absolute Gasteiger partial charge is 0.297 e. The van der Waals surface area contributed by atoms with E-state index in [-0.39, 0.29) is 11.3 Å². The van der Waals surface area contributed by atoms with Gasteiger partial charge in [0, 0.05) is 4.88 Å². The zero-order valence-electron chi connectivity index (χ0n) is 7.25. The van der Waals surface area contributed by atoms with Crippen LogP contribution in [0.5, 0.6) is 0 Å². The van der Waals surface area contributed by atoms with Gasteiger partial charge in [-0.2, -0.15) is 5.26 Å². The van der Waals surface area contributed by atoms with Crippen LogP contribution in [0.25, 0.3) is 0 Å². The second kappa shape index (κ2) is 3.50. The molecular weight excluding hydrogens is 186 g/mol. The third-order valence-electron chi connectivity index (χ3n) is 1.68. The Morgan fingerprint density at radius 1 is 1.62 bits per heavy atom. The maximum Gasteiger partial charge on any atom is 0.162 e. The topological polar surface area (TPSA) is 57.9 Å². The Balaban J connectivity index is 3.52. The number of nitrogens with zero attached hydrogens (tertiary/aromatic N) is 1. The number of carbonyl (C=O) groups is 2. The van der Waals surface area contributed by atoms with Crippen LogP contribution in [-0.2, 0) is 0 Å². The van der Waals surface area contributed by atoms with Gasteiger partial charge in [0.2, 0.25) is 0 Å². The number of Topliss-reactive ketones (excluding diaryl/α,β-unsaturated/α-hetero) is 1. The van der Waals surface area contributed by atoms with E-state index in [0.717, 1.165) is 4.88 Å². The van der Waals surface area contributed by atoms with Gasteiger partial charge in [0.05, 0.1) is 16.0 Å². The minimum atomic E-state index is -0.233. The predicted octanol–water partition coefficient (Wildman–Crippen LogP) is 1.94. The molecule has 0 bridgehead atoms. The minimum absolute atomic E-state index is 0.233. The third-order valence-corrected chi connectivity index (χ3v) is 2.71. The molecule has 1 aromatic heterocycles. The van der Waals surface area contributed by atoms with E-state index in [1.807, 2.05) is 6.07 Å². The molecule has 1 aromatic rings. The number of carbonyl (C=O) groups excluding carboxylic acids is 2. The maximum absolute atomic E-state index is 11.1. The molecule has 0 amide bonds. The first-order chi connectivity index (χ1) is 6.11. The van der Waals surface area contributed by atoms with Crippen LogP contribution in [0.3, 0.4) is 0 Å². The average Bonchev–Trinajstić information content (AvgIpc) is 2.41. The van der Waals surface area contributed by atoms with Gasteiger partial charge in [-0.05, 0) is 13.8 Å². The number of hydrogen-bond donors (Lipinski definition) is 0. The lowest BCUT2D eigenvalue weighted by molar-refractivity contribution is 0.101. The Labute approximate surface area is 79.6 Å². The summed E-state index contributed by atoms with van der Waals surface area (Å²) in [5.74, 6) is -0.233. The lowest BCUT2D eigenvalue weighted by Crippen LogP contribution is -1.97. The van der Waals surface area contributed by atoms with Crippen molar-refractivity contribution >= 4 is 23.4 Å². The van der Waals surface area contributed by atoms with Gasteiger partial charge in [-0.3, -0.25) is 9.59 Å². The van der Waals surface area contributed by atoms with Gasteiger partial charge in [0.25, 0.3) is 0 Å². The van der Waals surface area contributed by atoms with Crippen molar-refractivity contribution in [1.82, 2.24) is 0 Å². The molecule has 0 atom stereocenters. The predicted molar refractivity (Wildman–Crippen MR) is 49.2 cm³/mol. The molecule has 1 heterocycles. The van der Waals surface area contributed by atoms with Gasteiger partial charge >= 0.3 is 0 Å². The van der Waals surface area contributed by atoms with Crippen LogP contribution < -0.4 is 0 Å². The lowest BCUT2D eigenvalue weighted by Gasteiger charge is -1.91. The molecule has 4 heteroatoms. The first-order valence-electron chi connectivity index (χ1n) is 3.61. The number of nitriles is 1. The van der Waals surface area contributed by atoms with Crippen molar-refractivity contribution in [1.29, 1.82) is 5.26 Å². The maximum atomic E-state index is 11.1. The van der Waals surface area contributed by atoms with Crippen LogP contribution >= 0.6 is 11.3 Å². The number of aldehydes is 1. The van der Waals surface area contributed by atoms with E-state index in [2.05, 4.69) is 0 Å². The van der Waals surface area contributed by atoms with Gasteiger partial charge < -0.3 is 0 Å². The third kappa shape index (κ3) is 1.51. The summed E-state index contributed by atoms with van der Waals surface area (Å²) in [6.07, 6.45) is 0.620. The fourth-order valence-electron chi connectivity index (χ4n) is 1.13. The Morgan fingerprint density at radius 2 is 2.23 bits per heavy atom. The van der Waals surface area contributed by atoms with Crippen molar-refractivity contribution in [2.24, 2.45) is 0 Å². The normalized spacial score (nSPS) is 9.31. The van der Waals surface area contributed by atoms with Gasteiger partial charge in [0.15, 0.2) is 12.1 Å². The molecule has 0 aliphatic carbocycles. The van der Waals surface area contributed by atoms with Gasteiger partial charge in [-0.15, -0.1) is 11.3 Å². The van der Waals surface area contributed by atoms with Crippen molar-refractivity contribution in [3.05, 3.63) is 20.9 Å². The fourth-order valence-corrected chi connectivity index (χ4v) is 2.11. The molecule has 0 N–H and O–H groups in total. The van der Waals surface area contributed by atoms with Crippen LogP contribution in [0.4, 0.5) is 0 Å². The number of thiophene rings is 1. The molecule has 0 fully saturated rings. The molecule has 0 aliphatic heterocycles. The Kier molecular flexibility index (Phi) is 2.59. The van der Waals surface area contributed by atoms with Crippen molar-refractivity contribution in [3.63, 3.8) is 0 Å². The van der Waals surface area contributed by atoms with E-state index >= 15 is 0 Å². The van der Waals surface area contributed by atoms with Crippen molar-refractivity contribution in [2.75, 3.05) is 0 Å². The summed E-state index contributed by atoms with van der Waals surface area (Å²) in [5.41, 5.74) is 0.597. The highest BCUT2D eigenvalue weighted by atomic mass is 32.1. The van der Waals surface area contributed by atoms with Crippen LogP contribution in [-0.4, -0.2) is 12.1 Å². The van der Waals surface area contributed by atoms with E-state index in [4.69, 9.17) is 5.26 Å². The van der Waals surface area contributed by atoms with Crippen molar-refractivity contribution in [3.8, 4) is 6.07 Å². The van der Waals surface area contributed by atoms with Crippen LogP contribution in [0.2, 0.25) is 0 Å². The van der Waals surface area contributed by atoms with Gasteiger partial charge in [-0.1, -0.05) is 0 Å². The molecule has 0 aromatic carbocycles. The average molecular weight is 193 g/mol. The van der Waals surface area contributed by atoms with Gasteiger partial charge in [0.1, 0.15) is 6.07 Å². The molecular formula is C9H7NO2S. The lowest BCUT2D eigenvalue weighted by atomic mass is 10.1. The Hall–Kier alpha value is -1.47. The second-order valence-corrected chi connectivity index (χ2v) is 3.81. The highest BCUT2D eigenvalue weighted by Crippen LogP contribution is 2.26. The molecule has 1 rings (SSSR count). The second-order valence-electron chi connectivity index (χ2n) is 2.56. The monoisotopic (exact) mass is 193 g/mol. The summed E-state index contributed by atoms with van der Waals surface area (Å²) < 4.78 is 0. The Bertz CT molecular complexity index is 412.